The van der Waals surface area contributed by atoms with Crippen molar-refractivity contribution in [3.8, 4) is 11.4 Å². The fourth-order valence-electron chi connectivity index (χ4n) is 7.14. The Morgan fingerprint density at radius 3 is 1.83 bits per heavy atom. The van der Waals surface area contributed by atoms with Gasteiger partial charge in [0.05, 0.1) is 39.0 Å². The Hall–Kier alpha value is -5.69. The van der Waals surface area contributed by atoms with Crippen LogP contribution in [0.2, 0.25) is 0 Å². The fourth-order valence-corrected chi connectivity index (χ4v) is 7.14. The molecule has 7 nitrogen and oxygen atoms in total. The second-order valence-electron chi connectivity index (χ2n) is 12.9. The maximum Gasteiger partial charge on any atom is 0.307 e. The molecule has 0 amide bonds. The van der Waals surface area contributed by atoms with E-state index in [2.05, 4.69) is 138 Å². The molecule has 6 aromatic heterocycles. The van der Waals surface area contributed by atoms with Gasteiger partial charge in [-0.2, -0.15) is 4.98 Å². The third-order valence-corrected chi connectivity index (χ3v) is 9.39. The fraction of sp³-hybridized carbons (Fsp3) is 0.154. The quantitative estimate of drug-likeness (QED) is 0.201. The number of benzene rings is 4. The molecule has 7 heteroatoms. The molecular formula is C39H30N4O3. The minimum Gasteiger partial charge on any atom is -0.444 e. The lowest BCUT2D eigenvalue weighted by molar-refractivity contribution is 0.509. The molecule has 46 heavy (non-hydrogen) atoms. The zero-order valence-corrected chi connectivity index (χ0v) is 25.9. The van der Waals surface area contributed by atoms with Crippen LogP contribution in [-0.2, 0) is 0 Å². The summed E-state index contributed by atoms with van der Waals surface area (Å²) in [5.41, 5.74) is 9.30. The van der Waals surface area contributed by atoms with Gasteiger partial charge in [-0.1, -0.05) is 70.2 Å². The lowest BCUT2D eigenvalue weighted by Crippen LogP contribution is -1.95. The molecule has 0 bridgehead atoms. The number of oxazole rings is 1. The van der Waals surface area contributed by atoms with Crippen molar-refractivity contribution in [3.63, 3.8) is 0 Å². The highest BCUT2D eigenvalue weighted by atomic mass is 16.4. The number of hydrogen-bond donors (Lipinski definition) is 0. The van der Waals surface area contributed by atoms with Crippen LogP contribution in [0.1, 0.15) is 51.1 Å². The van der Waals surface area contributed by atoms with E-state index in [1.165, 1.54) is 5.39 Å². The summed E-state index contributed by atoms with van der Waals surface area (Å²) < 4.78 is 26.1. The average Bonchev–Trinajstić information content (AvgIpc) is 3.88. The Kier molecular flexibility index (Phi) is 4.98. The van der Waals surface area contributed by atoms with Crippen LogP contribution in [0.5, 0.6) is 0 Å². The first-order valence-corrected chi connectivity index (χ1v) is 15.9. The van der Waals surface area contributed by atoms with Crippen LogP contribution in [0.3, 0.4) is 0 Å². The highest BCUT2D eigenvalue weighted by molar-refractivity contribution is 6.09. The summed E-state index contributed by atoms with van der Waals surface area (Å²) in [4.78, 5) is 4.93. The van der Waals surface area contributed by atoms with Crippen molar-refractivity contribution in [2.75, 3.05) is 0 Å². The number of nitrogens with zero attached hydrogens (tertiary/aromatic N) is 4. The minimum atomic E-state index is 0.277. The van der Waals surface area contributed by atoms with Gasteiger partial charge in [0.15, 0.2) is 5.58 Å². The molecule has 0 radical (unpaired) electrons. The molecule has 0 aliphatic carbocycles. The zero-order valence-electron chi connectivity index (χ0n) is 25.9. The van der Waals surface area contributed by atoms with Crippen molar-refractivity contribution in [1.82, 2.24) is 18.5 Å². The summed E-state index contributed by atoms with van der Waals surface area (Å²) in [6.07, 6.45) is 0. The second-order valence-corrected chi connectivity index (χ2v) is 12.9. The van der Waals surface area contributed by atoms with E-state index in [1.54, 1.807) is 0 Å². The Morgan fingerprint density at radius 1 is 0.543 bits per heavy atom. The van der Waals surface area contributed by atoms with Gasteiger partial charge in [0.25, 0.3) is 0 Å². The SMILES string of the molecule is CC(C)c1cc2c3ccccc3n(-c3ccc4nc5oc6c(-n7c8ccccc8c8cc(C(C)C)oc87)cccc6n5c4c3)c2o1. The maximum atomic E-state index is 6.61. The predicted octanol–water partition coefficient (Wildman–Crippen LogP) is 10.9. The maximum absolute atomic E-state index is 6.61. The standard InChI is InChI=1S/C39H30N4O3/c1-21(2)34-19-26-24-10-5-7-12-29(24)41(37(26)44-34)23-16-17-28-33(18-23)43-32-15-9-14-31(36(32)46-39(43)40-28)42-30-13-8-6-11-25(30)27-20-35(22(3)4)45-38(27)42/h5-22H,1-4H3. The number of rotatable bonds is 4. The summed E-state index contributed by atoms with van der Waals surface area (Å²) in [7, 11) is 0. The molecule has 0 fully saturated rings. The summed E-state index contributed by atoms with van der Waals surface area (Å²) in [6, 6.07) is 33.9. The minimum absolute atomic E-state index is 0.277. The summed E-state index contributed by atoms with van der Waals surface area (Å²) in [5.74, 6) is 3.06. The topological polar surface area (TPSA) is 66.6 Å². The molecule has 10 aromatic rings. The molecule has 4 aromatic carbocycles. The Balaban J connectivity index is 1.24. The number of aromatic nitrogens is 4. The van der Waals surface area contributed by atoms with Gasteiger partial charge in [-0.05, 0) is 54.6 Å². The van der Waals surface area contributed by atoms with Gasteiger partial charge in [0, 0.05) is 33.4 Å². The number of imidazole rings is 1. The first-order chi connectivity index (χ1) is 22.5. The van der Waals surface area contributed by atoms with E-state index in [0.717, 1.165) is 83.6 Å². The molecule has 0 aliphatic rings. The van der Waals surface area contributed by atoms with Crippen molar-refractivity contribution in [1.29, 1.82) is 0 Å². The Bertz CT molecular complexity index is 2820. The van der Waals surface area contributed by atoms with E-state index in [0.29, 0.717) is 11.8 Å². The lowest BCUT2D eigenvalue weighted by atomic mass is 10.1. The van der Waals surface area contributed by atoms with Crippen molar-refractivity contribution in [2.45, 2.75) is 39.5 Å². The number of para-hydroxylation sites is 3. The van der Waals surface area contributed by atoms with Crippen LogP contribution in [0, 0.1) is 0 Å². The van der Waals surface area contributed by atoms with Crippen LogP contribution < -0.4 is 0 Å². The molecule has 0 aliphatic heterocycles. The normalized spacial score (nSPS) is 12.7. The van der Waals surface area contributed by atoms with E-state index in [-0.39, 0.29) is 5.92 Å². The first kappa shape index (κ1) is 25.6. The van der Waals surface area contributed by atoms with Crippen molar-refractivity contribution >= 4 is 72.0 Å². The predicted molar refractivity (Wildman–Crippen MR) is 184 cm³/mol. The third-order valence-electron chi connectivity index (χ3n) is 9.39. The van der Waals surface area contributed by atoms with Crippen molar-refractivity contribution < 1.29 is 13.3 Å². The van der Waals surface area contributed by atoms with Crippen molar-refractivity contribution in [2.24, 2.45) is 0 Å². The number of hydrogen-bond acceptors (Lipinski definition) is 4. The van der Waals surface area contributed by atoms with Gasteiger partial charge in [-0.25, -0.2) is 0 Å². The van der Waals surface area contributed by atoms with Gasteiger partial charge < -0.3 is 13.3 Å². The van der Waals surface area contributed by atoms with E-state index in [1.807, 2.05) is 0 Å². The van der Waals surface area contributed by atoms with Crippen LogP contribution in [0.25, 0.3) is 83.4 Å². The molecule has 0 atom stereocenters. The first-order valence-electron chi connectivity index (χ1n) is 15.9. The van der Waals surface area contributed by atoms with Crippen LogP contribution in [0.15, 0.2) is 110 Å². The molecule has 0 N–H and O–H groups in total. The van der Waals surface area contributed by atoms with Crippen LogP contribution in [0.4, 0.5) is 0 Å². The summed E-state index contributed by atoms with van der Waals surface area (Å²) in [6.45, 7) is 8.63. The molecule has 10 rings (SSSR count). The van der Waals surface area contributed by atoms with E-state index in [9.17, 15) is 0 Å². The van der Waals surface area contributed by atoms with Gasteiger partial charge in [-0.3, -0.25) is 13.5 Å². The van der Waals surface area contributed by atoms with Crippen LogP contribution in [-0.4, -0.2) is 18.5 Å². The lowest BCUT2D eigenvalue weighted by Gasteiger charge is -2.08. The Labute approximate surface area is 262 Å². The monoisotopic (exact) mass is 602 g/mol. The van der Waals surface area contributed by atoms with E-state index in [4.69, 9.17) is 18.2 Å². The average molecular weight is 603 g/mol. The molecule has 224 valence electrons. The summed E-state index contributed by atoms with van der Waals surface area (Å²) >= 11 is 0. The summed E-state index contributed by atoms with van der Waals surface area (Å²) in [5, 5.41) is 4.56. The highest BCUT2D eigenvalue weighted by Gasteiger charge is 2.24. The van der Waals surface area contributed by atoms with Gasteiger partial charge in [0.2, 0.25) is 11.4 Å². The molecule has 0 saturated carbocycles. The Morgan fingerprint density at radius 2 is 1.15 bits per heavy atom. The number of furan rings is 2. The van der Waals surface area contributed by atoms with Gasteiger partial charge in [0.1, 0.15) is 11.5 Å². The van der Waals surface area contributed by atoms with E-state index < -0.39 is 0 Å². The largest absolute Gasteiger partial charge is 0.444 e. The number of fused-ring (bicyclic) bond motifs is 11. The molecule has 0 unspecified atom stereocenters. The second kappa shape index (κ2) is 8.95. The van der Waals surface area contributed by atoms with Crippen molar-refractivity contribution in [3.05, 3.63) is 109 Å². The zero-order chi connectivity index (χ0) is 30.8. The molecule has 0 spiro atoms. The molecule has 0 saturated heterocycles. The third kappa shape index (κ3) is 3.29. The molecular weight excluding hydrogens is 572 g/mol. The highest BCUT2D eigenvalue weighted by Crippen LogP contribution is 2.40. The van der Waals surface area contributed by atoms with E-state index >= 15 is 0 Å². The molecule has 6 heterocycles. The van der Waals surface area contributed by atoms with Crippen LogP contribution >= 0.6 is 0 Å². The smallest absolute Gasteiger partial charge is 0.307 e. The van der Waals surface area contributed by atoms with Gasteiger partial charge in [-0.15, -0.1) is 0 Å². The van der Waals surface area contributed by atoms with Gasteiger partial charge >= 0.3 is 5.84 Å².